The van der Waals surface area contributed by atoms with Gasteiger partial charge in [0, 0.05) is 36.0 Å². The first-order valence-corrected chi connectivity index (χ1v) is 10.2. The Morgan fingerprint density at radius 1 is 0.867 bits per heavy atom. The van der Waals surface area contributed by atoms with E-state index in [-0.39, 0.29) is 5.91 Å². The highest BCUT2D eigenvalue weighted by Crippen LogP contribution is 2.32. The molecule has 2 aromatic carbocycles. The van der Waals surface area contributed by atoms with E-state index in [0.717, 1.165) is 30.2 Å². The van der Waals surface area contributed by atoms with Crippen molar-refractivity contribution in [2.24, 2.45) is 0 Å². The van der Waals surface area contributed by atoms with Gasteiger partial charge in [-0.15, -0.1) is 10.2 Å². The topological polar surface area (TPSA) is 76.6 Å². The number of aromatic nitrogens is 2. The highest BCUT2D eigenvalue weighted by Gasteiger charge is 2.15. The zero-order valence-corrected chi connectivity index (χ0v) is 16.5. The number of fused-ring (bicyclic) bond motifs is 1. The summed E-state index contributed by atoms with van der Waals surface area (Å²) in [7, 11) is 0. The standard InChI is InChI=1S/C23H22N4O3/c28-23(24-18-7-9-20-21(15-18)30-14-13-29-20)17-5-3-16(4-6-17)19-8-10-22(26-25-19)27-11-1-2-12-27/h3-10,15H,1-2,11-14H2,(H,24,28). The molecule has 152 valence electrons. The van der Waals surface area contributed by atoms with Crippen LogP contribution in [0.2, 0.25) is 0 Å². The molecule has 3 aromatic rings. The second-order valence-electron chi connectivity index (χ2n) is 7.36. The summed E-state index contributed by atoms with van der Waals surface area (Å²) < 4.78 is 11.1. The first kappa shape index (κ1) is 18.4. The molecule has 0 bridgehead atoms. The van der Waals surface area contributed by atoms with Crippen LogP contribution < -0.4 is 19.7 Å². The Labute approximate surface area is 174 Å². The summed E-state index contributed by atoms with van der Waals surface area (Å²) in [6, 6.07) is 16.7. The van der Waals surface area contributed by atoms with E-state index in [2.05, 4.69) is 20.4 Å². The van der Waals surface area contributed by atoms with Crippen molar-refractivity contribution >= 4 is 17.4 Å². The summed E-state index contributed by atoms with van der Waals surface area (Å²) in [4.78, 5) is 14.9. The van der Waals surface area contributed by atoms with E-state index in [0.29, 0.717) is 36.0 Å². The van der Waals surface area contributed by atoms with Crippen LogP contribution in [0.15, 0.2) is 54.6 Å². The molecule has 0 spiro atoms. The Hall–Kier alpha value is -3.61. The number of amides is 1. The van der Waals surface area contributed by atoms with E-state index >= 15 is 0 Å². The minimum atomic E-state index is -0.186. The summed E-state index contributed by atoms with van der Waals surface area (Å²) in [5, 5.41) is 11.6. The van der Waals surface area contributed by atoms with Gasteiger partial charge in [0.1, 0.15) is 13.2 Å². The molecule has 3 heterocycles. The number of hydrogen-bond donors (Lipinski definition) is 1. The maximum atomic E-state index is 12.6. The molecule has 1 saturated heterocycles. The molecule has 0 saturated carbocycles. The van der Waals surface area contributed by atoms with Crippen LogP contribution in [0.25, 0.3) is 11.3 Å². The molecule has 0 aliphatic carbocycles. The van der Waals surface area contributed by atoms with Crippen molar-refractivity contribution in [2.75, 3.05) is 36.5 Å². The number of carbonyl (C=O) groups is 1. The summed E-state index contributed by atoms with van der Waals surface area (Å²) in [5.74, 6) is 2.08. The quantitative estimate of drug-likeness (QED) is 0.716. The molecule has 1 N–H and O–H groups in total. The molecule has 5 rings (SSSR count). The van der Waals surface area contributed by atoms with Crippen LogP contribution in [-0.2, 0) is 0 Å². The Bertz CT molecular complexity index is 1050. The molecule has 1 amide bonds. The minimum Gasteiger partial charge on any atom is -0.486 e. The number of nitrogens with one attached hydrogen (secondary N) is 1. The van der Waals surface area contributed by atoms with E-state index in [1.54, 1.807) is 30.3 Å². The normalized spacial score (nSPS) is 15.1. The lowest BCUT2D eigenvalue weighted by Gasteiger charge is -2.19. The third kappa shape index (κ3) is 3.78. The van der Waals surface area contributed by atoms with Crippen molar-refractivity contribution in [1.29, 1.82) is 0 Å². The average molecular weight is 402 g/mol. The number of ether oxygens (including phenoxy) is 2. The fourth-order valence-electron chi connectivity index (χ4n) is 3.71. The van der Waals surface area contributed by atoms with Gasteiger partial charge in [-0.3, -0.25) is 4.79 Å². The smallest absolute Gasteiger partial charge is 0.255 e. The number of hydrogen-bond acceptors (Lipinski definition) is 6. The molecule has 30 heavy (non-hydrogen) atoms. The molecular weight excluding hydrogens is 380 g/mol. The Kier molecular flexibility index (Phi) is 4.93. The Morgan fingerprint density at radius 3 is 2.37 bits per heavy atom. The van der Waals surface area contributed by atoms with Crippen LogP contribution in [0.4, 0.5) is 11.5 Å². The first-order valence-electron chi connectivity index (χ1n) is 10.2. The molecule has 1 aromatic heterocycles. The largest absolute Gasteiger partial charge is 0.486 e. The van der Waals surface area contributed by atoms with Crippen molar-refractivity contribution < 1.29 is 14.3 Å². The number of anilines is 2. The van der Waals surface area contributed by atoms with E-state index in [1.165, 1.54) is 12.8 Å². The van der Waals surface area contributed by atoms with Crippen molar-refractivity contribution in [3.63, 3.8) is 0 Å². The van der Waals surface area contributed by atoms with Crippen molar-refractivity contribution in [3.05, 3.63) is 60.2 Å². The first-order chi connectivity index (χ1) is 14.8. The fraction of sp³-hybridized carbons (Fsp3) is 0.261. The zero-order valence-electron chi connectivity index (χ0n) is 16.5. The van der Waals surface area contributed by atoms with E-state index in [4.69, 9.17) is 9.47 Å². The van der Waals surface area contributed by atoms with E-state index in [9.17, 15) is 4.79 Å². The van der Waals surface area contributed by atoms with Gasteiger partial charge in [-0.05, 0) is 49.2 Å². The predicted octanol–water partition coefficient (Wildman–Crippen LogP) is 3.77. The Balaban J connectivity index is 1.27. The predicted molar refractivity (Wildman–Crippen MR) is 114 cm³/mol. The van der Waals surface area contributed by atoms with Crippen LogP contribution in [-0.4, -0.2) is 42.4 Å². The van der Waals surface area contributed by atoms with Crippen LogP contribution in [0.3, 0.4) is 0 Å². The van der Waals surface area contributed by atoms with Gasteiger partial charge < -0.3 is 19.7 Å². The molecule has 0 atom stereocenters. The second kappa shape index (κ2) is 8.02. The third-order valence-electron chi connectivity index (χ3n) is 5.32. The SMILES string of the molecule is O=C(Nc1ccc2c(c1)OCCO2)c1ccc(-c2ccc(N3CCCC3)nn2)cc1. The van der Waals surface area contributed by atoms with Crippen LogP contribution in [0.5, 0.6) is 11.5 Å². The molecule has 0 unspecified atom stereocenters. The van der Waals surface area contributed by atoms with Crippen molar-refractivity contribution in [1.82, 2.24) is 10.2 Å². The van der Waals surface area contributed by atoms with Crippen molar-refractivity contribution in [2.45, 2.75) is 12.8 Å². The van der Waals surface area contributed by atoms with Gasteiger partial charge in [0.05, 0.1) is 5.69 Å². The van der Waals surface area contributed by atoms with Gasteiger partial charge in [-0.25, -0.2) is 0 Å². The third-order valence-corrected chi connectivity index (χ3v) is 5.32. The summed E-state index contributed by atoms with van der Waals surface area (Å²) in [5.41, 5.74) is 2.94. The lowest BCUT2D eigenvalue weighted by molar-refractivity contribution is 0.102. The zero-order chi connectivity index (χ0) is 20.3. The fourth-order valence-corrected chi connectivity index (χ4v) is 3.71. The molecule has 2 aliphatic heterocycles. The lowest BCUT2D eigenvalue weighted by Crippen LogP contribution is -2.19. The van der Waals surface area contributed by atoms with E-state index in [1.807, 2.05) is 24.3 Å². The van der Waals surface area contributed by atoms with Gasteiger partial charge in [-0.2, -0.15) is 0 Å². The number of carbonyl (C=O) groups excluding carboxylic acids is 1. The average Bonchev–Trinajstić information content (AvgIpc) is 3.34. The number of rotatable bonds is 4. The number of nitrogens with zero attached hydrogens (tertiary/aromatic N) is 3. The highest BCUT2D eigenvalue weighted by atomic mass is 16.6. The second-order valence-corrected chi connectivity index (χ2v) is 7.36. The molecular formula is C23H22N4O3. The highest BCUT2D eigenvalue weighted by molar-refractivity contribution is 6.04. The van der Waals surface area contributed by atoms with Crippen LogP contribution >= 0.6 is 0 Å². The van der Waals surface area contributed by atoms with Gasteiger partial charge in [0.25, 0.3) is 5.91 Å². The molecule has 7 heteroatoms. The van der Waals surface area contributed by atoms with E-state index < -0.39 is 0 Å². The molecule has 7 nitrogen and oxygen atoms in total. The number of benzene rings is 2. The monoisotopic (exact) mass is 402 g/mol. The maximum Gasteiger partial charge on any atom is 0.255 e. The van der Waals surface area contributed by atoms with Gasteiger partial charge in [-0.1, -0.05) is 12.1 Å². The lowest BCUT2D eigenvalue weighted by atomic mass is 10.1. The molecule has 2 aliphatic rings. The summed E-state index contributed by atoms with van der Waals surface area (Å²) >= 11 is 0. The van der Waals surface area contributed by atoms with Crippen LogP contribution in [0.1, 0.15) is 23.2 Å². The summed E-state index contributed by atoms with van der Waals surface area (Å²) in [6.07, 6.45) is 2.42. The van der Waals surface area contributed by atoms with Crippen molar-refractivity contribution in [3.8, 4) is 22.8 Å². The van der Waals surface area contributed by atoms with Gasteiger partial charge >= 0.3 is 0 Å². The Morgan fingerprint density at radius 2 is 1.63 bits per heavy atom. The summed E-state index contributed by atoms with van der Waals surface area (Å²) in [6.45, 7) is 3.13. The van der Waals surface area contributed by atoms with Gasteiger partial charge in [0.2, 0.25) is 0 Å². The molecule has 1 fully saturated rings. The minimum absolute atomic E-state index is 0.186. The molecule has 0 radical (unpaired) electrons. The maximum absolute atomic E-state index is 12.6. The van der Waals surface area contributed by atoms with Crippen LogP contribution in [0, 0.1) is 0 Å². The van der Waals surface area contributed by atoms with Gasteiger partial charge in [0.15, 0.2) is 17.3 Å².